The molecule has 24 heavy (non-hydrogen) atoms. The lowest BCUT2D eigenvalue weighted by atomic mass is 10.1. The molecule has 1 N–H and O–H groups in total. The van der Waals surface area contributed by atoms with Crippen molar-refractivity contribution >= 4 is 5.97 Å². The van der Waals surface area contributed by atoms with Gasteiger partial charge in [0.2, 0.25) is 0 Å². The Morgan fingerprint density at radius 2 is 2.04 bits per heavy atom. The average Bonchev–Trinajstić information content (AvgIpc) is 3.32. The molecule has 3 nitrogen and oxygen atoms in total. The number of rotatable bonds is 12. The van der Waals surface area contributed by atoms with Gasteiger partial charge in [0.15, 0.2) is 0 Å². The highest BCUT2D eigenvalue weighted by molar-refractivity contribution is 5.69. The van der Waals surface area contributed by atoms with Crippen LogP contribution in [0, 0.1) is 23.7 Å². The number of ether oxygens (including phenoxy) is 1. The van der Waals surface area contributed by atoms with E-state index >= 15 is 0 Å². The third-order valence-corrected chi connectivity index (χ3v) is 4.63. The SMILES string of the molecule is CCCCC[C@@H](O)C#CC[C@H]1C[C@@H]1CCC=CCCCC(=O)OC. The van der Waals surface area contributed by atoms with Crippen LogP contribution in [-0.4, -0.2) is 24.3 Å². The fourth-order valence-electron chi connectivity index (χ4n) is 2.89. The zero-order valence-electron chi connectivity index (χ0n) is 15.4. The summed E-state index contributed by atoms with van der Waals surface area (Å²) in [6, 6.07) is 0. The van der Waals surface area contributed by atoms with E-state index in [-0.39, 0.29) is 5.97 Å². The topological polar surface area (TPSA) is 46.5 Å². The molecular formula is C21H34O3. The zero-order valence-corrected chi connectivity index (χ0v) is 15.4. The smallest absolute Gasteiger partial charge is 0.305 e. The van der Waals surface area contributed by atoms with Crippen LogP contribution in [0.15, 0.2) is 12.2 Å². The largest absolute Gasteiger partial charge is 0.469 e. The predicted molar refractivity (Wildman–Crippen MR) is 98.4 cm³/mol. The van der Waals surface area contributed by atoms with Crippen molar-refractivity contribution in [3.63, 3.8) is 0 Å². The molecule has 0 bridgehead atoms. The monoisotopic (exact) mass is 334 g/mol. The van der Waals surface area contributed by atoms with E-state index in [0.29, 0.717) is 6.42 Å². The van der Waals surface area contributed by atoms with Gasteiger partial charge in [0.05, 0.1) is 7.11 Å². The van der Waals surface area contributed by atoms with E-state index in [1.165, 1.54) is 32.8 Å². The van der Waals surface area contributed by atoms with E-state index in [2.05, 4.69) is 35.7 Å². The number of methoxy groups -OCH3 is 1. The molecule has 136 valence electrons. The molecule has 3 heteroatoms. The first-order chi connectivity index (χ1) is 11.7. The van der Waals surface area contributed by atoms with Crippen molar-refractivity contribution in [1.29, 1.82) is 0 Å². The Kier molecular flexibility index (Phi) is 11.3. The van der Waals surface area contributed by atoms with E-state index in [9.17, 15) is 9.90 Å². The van der Waals surface area contributed by atoms with Crippen LogP contribution in [-0.2, 0) is 9.53 Å². The van der Waals surface area contributed by atoms with Crippen molar-refractivity contribution in [2.24, 2.45) is 11.8 Å². The summed E-state index contributed by atoms with van der Waals surface area (Å²) in [5, 5.41) is 9.76. The molecule has 0 aromatic heterocycles. The minimum atomic E-state index is -0.429. The second kappa shape index (κ2) is 13.1. The van der Waals surface area contributed by atoms with E-state index in [1.54, 1.807) is 0 Å². The summed E-state index contributed by atoms with van der Waals surface area (Å²) in [6.45, 7) is 2.17. The molecule has 1 rings (SSSR count). The van der Waals surface area contributed by atoms with Gasteiger partial charge in [-0.15, -0.1) is 5.92 Å². The average molecular weight is 335 g/mol. The number of hydrogen-bond donors (Lipinski definition) is 1. The fourth-order valence-corrected chi connectivity index (χ4v) is 2.89. The van der Waals surface area contributed by atoms with Crippen molar-refractivity contribution in [3.8, 4) is 11.8 Å². The van der Waals surface area contributed by atoms with Crippen LogP contribution in [0.3, 0.4) is 0 Å². The van der Waals surface area contributed by atoms with E-state index in [1.807, 2.05) is 0 Å². The Morgan fingerprint density at radius 1 is 1.25 bits per heavy atom. The van der Waals surface area contributed by atoms with Crippen LogP contribution < -0.4 is 0 Å². The second-order valence-corrected chi connectivity index (χ2v) is 6.81. The summed E-state index contributed by atoms with van der Waals surface area (Å²) in [5.41, 5.74) is 0. The summed E-state index contributed by atoms with van der Waals surface area (Å²) < 4.78 is 4.61. The number of aliphatic hydroxyl groups is 1. The third-order valence-electron chi connectivity index (χ3n) is 4.63. The molecule has 1 aliphatic carbocycles. The van der Waals surface area contributed by atoms with Gasteiger partial charge in [-0.1, -0.05) is 37.8 Å². The van der Waals surface area contributed by atoms with Crippen molar-refractivity contribution in [3.05, 3.63) is 12.2 Å². The van der Waals surface area contributed by atoms with Gasteiger partial charge in [0.25, 0.3) is 0 Å². The van der Waals surface area contributed by atoms with E-state index < -0.39 is 6.10 Å². The first-order valence-electron chi connectivity index (χ1n) is 9.55. The number of hydrogen-bond acceptors (Lipinski definition) is 3. The molecule has 0 unspecified atom stereocenters. The van der Waals surface area contributed by atoms with Gasteiger partial charge in [-0.25, -0.2) is 0 Å². The van der Waals surface area contributed by atoms with Gasteiger partial charge in [0, 0.05) is 12.8 Å². The fraction of sp³-hybridized carbons (Fsp3) is 0.762. The number of carbonyl (C=O) groups excluding carboxylic acids is 1. The molecule has 1 saturated carbocycles. The maximum atomic E-state index is 11.0. The van der Waals surface area contributed by atoms with Crippen LogP contribution >= 0.6 is 0 Å². The van der Waals surface area contributed by atoms with Crippen molar-refractivity contribution in [2.75, 3.05) is 7.11 Å². The Labute approximate surface area is 147 Å². The second-order valence-electron chi connectivity index (χ2n) is 6.81. The summed E-state index contributed by atoms with van der Waals surface area (Å²) >= 11 is 0. The van der Waals surface area contributed by atoms with Crippen molar-refractivity contribution in [2.45, 2.75) is 83.7 Å². The maximum absolute atomic E-state index is 11.0. The Balaban J connectivity index is 1.98. The minimum absolute atomic E-state index is 0.124. The quantitative estimate of drug-likeness (QED) is 0.245. The molecule has 0 saturated heterocycles. The number of unbranched alkanes of at least 4 members (excludes halogenated alkanes) is 3. The van der Waals surface area contributed by atoms with Gasteiger partial charge < -0.3 is 9.84 Å². The van der Waals surface area contributed by atoms with Crippen LogP contribution in [0.4, 0.5) is 0 Å². The first-order valence-corrected chi connectivity index (χ1v) is 9.55. The molecule has 0 radical (unpaired) electrons. The van der Waals surface area contributed by atoms with Crippen LogP contribution in [0.1, 0.15) is 77.6 Å². The summed E-state index contributed by atoms with van der Waals surface area (Å²) in [7, 11) is 1.43. The van der Waals surface area contributed by atoms with Gasteiger partial charge in [0.1, 0.15) is 6.10 Å². The van der Waals surface area contributed by atoms with Crippen LogP contribution in [0.2, 0.25) is 0 Å². The summed E-state index contributed by atoms with van der Waals surface area (Å²) in [5.74, 6) is 7.60. The highest BCUT2D eigenvalue weighted by Crippen LogP contribution is 2.44. The highest BCUT2D eigenvalue weighted by Gasteiger charge is 2.34. The van der Waals surface area contributed by atoms with Crippen LogP contribution in [0.25, 0.3) is 0 Å². The first kappa shape index (κ1) is 20.8. The Hall–Kier alpha value is -1.27. The van der Waals surface area contributed by atoms with E-state index in [0.717, 1.165) is 50.4 Å². The lowest BCUT2D eigenvalue weighted by Gasteiger charge is -2.01. The number of allylic oxidation sites excluding steroid dienone is 2. The standard InChI is InChI=1S/C21H34O3/c1-3-4-8-14-20(22)15-11-13-19-17-18(19)12-9-6-5-7-10-16-21(23)24-2/h5-6,18-20,22H,3-4,7-10,12-14,16-17H2,1-2H3/t18-,19-,20+/m0/s1. The normalized spacial score (nSPS) is 20.5. The van der Waals surface area contributed by atoms with E-state index in [4.69, 9.17) is 0 Å². The van der Waals surface area contributed by atoms with Crippen LogP contribution in [0.5, 0.6) is 0 Å². The number of carbonyl (C=O) groups is 1. The molecule has 0 amide bonds. The molecule has 3 atom stereocenters. The Morgan fingerprint density at radius 3 is 2.79 bits per heavy atom. The van der Waals surface area contributed by atoms with Gasteiger partial charge in [-0.3, -0.25) is 4.79 Å². The summed E-state index contributed by atoms with van der Waals surface area (Å²) in [4.78, 5) is 11.0. The molecule has 1 aliphatic rings. The number of aliphatic hydroxyl groups excluding tert-OH is 1. The Bertz CT molecular complexity index is 430. The molecule has 0 spiro atoms. The maximum Gasteiger partial charge on any atom is 0.305 e. The molecule has 0 aromatic carbocycles. The lowest BCUT2D eigenvalue weighted by molar-refractivity contribution is -0.140. The van der Waals surface area contributed by atoms with Gasteiger partial charge in [-0.05, 0) is 56.8 Å². The highest BCUT2D eigenvalue weighted by atomic mass is 16.5. The molecule has 1 fully saturated rings. The minimum Gasteiger partial charge on any atom is -0.469 e. The predicted octanol–water partition coefficient (Wildman–Crippen LogP) is 4.64. The molecule has 0 heterocycles. The van der Waals surface area contributed by atoms with Crippen molar-refractivity contribution < 1.29 is 14.6 Å². The zero-order chi connectivity index (χ0) is 17.6. The van der Waals surface area contributed by atoms with Crippen molar-refractivity contribution in [1.82, 2.24) is 0 Å². The molecular weight excluding hydrogens is 300 g/mol. The summed E-state index contributed by atoms with van der Waals surface area (Å²) in [6.07, 6.45) is 15.1. The molecule has 0 aromatic rings. The van der Waals surface area contributed by atoms with Gasteiger partial charge in [-0.2, -0.15) is 0 Å². The molecule has 0 aliphatic heterocycles. The van der Waals surface area contributed by atoms with Gasteiger partial charge >= 0.3 is 5.97 Å². The third kappa shape index (κ3) is 10.5. The number of esters is 1. The lowest BCUT2D eigenvalue weighted by Crippen LogP contribution is -2.02.